The van der Waals surface area contributed by atoms with Crippen molar-refractivity contribution >= 4 is 5.78 Å². The Bertz CT molecular complexity index is 528. The number of aliphatic hydroxyl groups is 1. The molecule has 5 fully saturated rings. The summed E-state index contributed by atoms with van der Waals surface area (Å²) in [5.74, 6) is 3.28. The second-order valence-corrected chi connectivity index (χ2v) is 9.44. The van der Waals surface area contributed by atoms with E-state index in [4.69, 9.17) is 0 Å². The minimum Gasteiger partial charge on any atom is -0.393 e. The smallest absolute Gasteiger partial charge is 0.139 e. The molecule has 5 rings (SSSR count). The third kappa shape index (κ3) is 1.22. The van der Waals surface area contributed by atoms with Gasteiger partial charge in [-0.25, -0.2) is 0 Å². The van der Waals surface area contributed by atoms with Gasteiger partial charge in [-0.3, -0.25) is 4.79 Å². The number of ketones is 1. The van der Waals surface area contributed by atoms with Gasteiger partial charge in [0.2, 0.25) is 0 Å². The van der Waals surface area contributed by atoms with Crippen molar-refractivity contribution in [3.05, 3.63) is 0 Å². The minimum absolute atomic E-state index is 0.0523. The molecule has 0 aromatic heterocycles. The van der Waals surface area contributed by atoms with Crippen molar-refractivity contribution in [2.75, 3.05) is 0 Å². The number of carbonyl (C=O) groups is 1. The van der Waals surface area contributed by atoms with Gasteiger partial charge in [0.15, 0.2) is 0 Å². The Morgan fingerprint density at radius 3 is 2.67 bits per heavy atom. The van der Waals surface area contributed by atoms with Crippen LogP contribution in [0.3, 0.4) is 0 Å². The molecule has 1 N–H and O–H groups in total. The Labute approximate surface area is 127 Å². The Morgan fingerprint density at radius 2 is 1.90 bits per heavy atom. The molecule has 5 saturated carbocycles. The summed E-state index contributed by atoms with van der Waals surface area (Å²) >= 11 is 0. The van der Waals surface area contributed by atoms with E-state index in [0.29, 0.717) is 23.0 Å². The molecular weight excluding hydrogens is 260 g/mol. The molecule has 8 atom stereocenters. The lowest BCUT2D eigenvalue weighted by atomic mass is 9.46. The lowest BCUT2D eigenvalue weighted by molar-refractivity contribution is -0.154. The number of hydrogen-bond donors (Lipinski definition) is 1. The number of aliphatic hydroxyl groups excluding tert-OH is 1. The first kappa shape index (κ1) is 13.1. The zero-order chi connectivity index (χ0) is 14.6. The first-order chi connectivity index (χ1) is 9.93. The third-order valence-corrected chi connectivity index (χ3v) is 9.28. The first-order valence-electron chi connectivity index (χ1n) is 9.15. The predicted octanol–water partition coefficient (Wildman–Crippen LogP) is 3.57. The van der Waals surface area contributed by atoms with E-state index in [0.717, 1.165) is 37.5 Å². The molecule has 1 spiro atoms. The second kappa shape index (κ2) is 3.58. The summed E-state index contributed by atoms with van der Waals surface area (Å²) in [6.45, 7) is 4.73. The fraction of sp³-hybridized carbons (Fsp3) is 0.947. The summed E-state index contributed by atoms with van der Waals surface area (Å²) in [5.41, 5.74) is 0.598. The fourth-order valence-corrected chi connectivity index (χ4v) is 8.08. The molecule has 0 saturated heterocycles. The summed E-state index contributed by atoms with van der Waals surface area (Å²) in [6.07, 6.45) is 9.10. The topological polar surface area (TPSA) is 37.3 Å². The van der Waals surface area contributed by atoms with Gasteiger partial charge in [-0.05, 0) is 74.0 Å². The molecule has 5 aliphatic rings. The van der Waals surface area contributed by atoms with E-state index in [2.05, 4.69) is 13.8 Å². The van der Waals surface area contributed by atoms with E-state index in [9.17, 15) is 9.90 Å². The fourth-order valence-electron chi connectivity index (χ4n) is 8.08. The van der Waals surface area contributed by atoms with Crippen LogP contribution in [0.15, 0.2) is 0 Å². The summed E-state index contributed by atoms with van der Waals surface area (Å²) < 4.78 is 0. The van der Waals surface area contributed by atoms with Crippen LogP contribution in [-0.2, 0) is 4.79 Å². The number of rotatable bonds is 0. The van der Waals surface area contributed by atoms with E-state index in [1.165, 1.54) is 25.7 Å². The maximum Gasteiger partial charge on any atom is 0.139 e. The highest BCUT2D eigenvalue weighted by Gasteiger charge is 2.77. The van der Waals surface area contributed by atoms with Gasteiger partial charge in [-0.1, -0.05) is 13.8 Å². The van der Waals surface area contributed by atoms with Gasteiger partial charge < -0.3 is 5.11 Å². The molecule has 0 amide bonds. The van der Waals surface area contributed by atoms with Gasteiger partial charge in [-0.2, -0.15) is 0 Å². The molecular formula is C19H28O2. The summed E-state index contributed by atoms with van der Waals surface area (Å²) in [5, 5.41) is 11.0. The average molecular weight is 288 g/mol. The lowest BCUT2D eigenvalue weighted by Gasteiger charge is -2.59. The van der Waals surface area contributed by atoms with Crippen molar-refractivity contribution in [2.45, 2.75) is 71.3 Å². The molecule has 0 aromatic rings. The quantitative estimate of drug-likeness (QED) is 0.740. The zero-order valence-corrected chi connectivity index (χ0v) is 13.4. The number of hydrogen-bond acceptors (Lipinski definition) is 2. The second-order valence-electron chi connectivity index (χ2n) is 9.44. The zero-order valence-electron chi connectivity index (χ0n) is 13.4. The van der Waals surface area contributed by atoms with Crippen molar-refractivity contribution in [1.82, 2.24) is 0 Å². The summed E-state index contributed by atoms with van der Waals surface area (Å²) in [6, 6.07) is 0. The predicted molar refractivity (Wildman–Crippen MR) is 80.6 cm³/mol. The van der Waals surface area contributed by atoms with Gasteiger partial charge in [0.25, 0.3) is 0 Å². The maximum absolute atomic E-state index is 12.4. The van der Waals surface area contributed by atoms with Crippen LogP contribution in [0.4, 0.5) is 0 Å². The number of fused-ring (bicyclic) bond motifs is 4. The Hall–Kier alpha value is -0.370. The molecule has 5 aliphatic carbocycles. The molecule has 116 valence electrons. The van der Waals surface area contributed by atoms with Crippen LogP contribution in [0.2, 0.25) is 0 Å². The molecule has 2 nitrogen and oxygen atoms in total. The molecule has 2 heteroatoms. The highest BCUT2D eigenvalue weighted by atomic mass is 16.3. The van der Waals surface area contributed by atoms with Crippen LogP contribution in [-0.4, -0.2) is 17.0 Å². The van der Waals surface area contributed by atoms with Crippen LogP contribution in [0.1, 0.15) is 65.2 Å². The number of Topliss-reactive ketones (excluding diaryl/α,β-unsaturated/α-hetero) is 1. The van der Waals surface area contributed by atoms with Crippen LogP contribution in [0, 0.1) is 39.9 Å². The minimum atomic E-state index is -0.0886. The molecule has 0 radical (unpaired) electrons. The normalized spacial score (nSPS) is 64.5. The van der Waals surface area contributed by atoms with Gasteiger partial charge in [-0.15, -0.1) is 0 Å². The highest BCUT2D eigenvalue weighted by Crippen LogP contribution is 2.81. The van der Waals surface area contributed by atoms with Gasteiger partial charge >= 0.3 is 0 Å². The van der Waals surface area contributed by atoms with Gasteiger partial charge in [0.05, 0.1) is 6.10 Å². The van der Waals surface area contributed by atoms with Crippen molar-refractivity contribution in [2.24, 2.45) is 39.9 Å². The highest BCUT2D eigenvalue weighted by molar-refractivity contribution is 5.87. The summed E-state index contributed by atoms with van der Waals surface area (Å²) in [4.78, 5) is 12.4. The largest absolute Gasteiger partial charge is 0.393 e. The Kier molecular flexibility index (Phi) is 2.23. The lowest BCUT2D eigenvalue weighted by Crippen LogP contribution is -2.56. The van der Waals surface area contributed by atoms with E-state index in [1.54, 1.807) is 0 Å². The molecule has 0 heterocycles. The van der Waals surface area contributed by atoms with Crippen molar-refractivity contribution < 1.29 is 9.90 Å². The van der Waals surface area contributed by atoms with Crippen molar-refractivity contribution in [3.63, 3.8) is 0 Å². The van der Waals surface area contributed by atoms with E-state index in [1.807, 2.05) is 0 Å². The first-order valence-corrected chi connectivity index (χ1v) is 9.15. The van der Waals surface area contributed by atoms with E-state index >= 15 is 0 Å². The standard InChI is InChI=1S/C19H28O2/c1-17-7-6-14-12(13(17)3-4-15(17)20)9-16(21)19-10-11(19)5-8-18(14,19)2/h11-14,16,21H,3-10H2,1-2H3/t11-,12-,13-,14-,16+,17-,18+,19+/m0/s1. The van der Waals surface area contributed by atoms with Crippen LogP contribution in [0.5, 0.6) is 0 Å². The molecule has 0 aliphatic heterocycles. The number of carbonyl (C=O) groups excluding carboxylic acids is 1. The van der Waals surface area contributed by atoms with Gasteiger partial charge in [0.1, 0.15) is 5.78 Å². The van der Waals surface area contributed by atoms with Gasteiger partial charge in [0, 0.05) is 17.3 Å². The van der Waals surface area contributed by atoms with Crippen LogP contribution < -0.4 is 0 Å². The third-order valence-electron chi connectivity index (χ3n) is 9.28. The molecule has 0 bridgehead atoms. The molecule has 0 aromatic carbocycles. The van der Waals surface area contributed by atoms with E-state index < -0.39 is 0 Å². The SMILES string of the molecule is C[C@]12CC[C@H]3[C@@H](C[C@@H](O)[C@@]45C[C@@H]4CC[C@]35C)[C@@H]1CCC2=O. The summed E-state index contributed by atoms with van der Waals surface area (Å²) in [7, 11) is 0. The average Bonchev–Trinajstić information content (AvgIpc) is 3.01. The Balaban J connectivity index is 1.57. The van der Waals surface area contributed by atoms with Crippen LogP contribution in [0.25, 0.3) is 0 Å². The van der Waals surface area contributed by atoms with E-state index in [-0.39, 0.29) is 16.9 Å². The van der Waals surface area contributed by atoms with Crippen molar-refractivity contribution in [1.29, 1.82) is 0 Å². The van der Waals surface area contributed by atoms with Crippen LogP contribution >= 0.6 is 0 Å². The Morgan fingerprint density at radius 1 is 1.10 bits per heavy atom. The molecule has 21 heavy (non-hydrogen) atoms. The maximum atomic E-state index is 12.4. The van der Waals surface area contributed by atoms with Crippen molar-refractivity contribution in [3.8, 4) is 0 Å². The molecule has 0 unspecified atom stereocenters. The monoisotopic (exact) mass is 288 g/mol.